The second kappa shape index (κ2) is 7.60. The fraction of sp³-hybridized carbons (Fsp3) is 0.125. The van der Waals surface area contributed by atoms with E-state index in [0.717, 1.165) is 11.1 Å². The number of hydrogen-bond donors (Lipinski definition) is 1. The summed E-state index contributed by atoms with van der Waals surface area (Å²) < 4.78 is 9.17. The van der Waals surface area contributed by atoms with Gasteiger partial charge < -0.3 is 14.1 Å². The zero-order valence-corrected chi connectivity index (χ0v) is 16.9. The molecule has 31 heavy (non-hydrogen) atoms. The van der Waals surface area contributed by atoms with Gasteiger partial charge in [0, 0.05) is 12.4 Å². The second-order valence-electron chi connectivity index (χ2n) is 7.37. The Hall–Kier alpha value is -4.13. The molecule has 1 N–H and O–H groups in total. The average molecular weight is 412 g/mol. The predicted molar refractivity (Wildman–Crippen MR) is 117 cm³/mol. The molecule has 1 amide bonds. The molecule has 1 atom stereocenters. The number of nitrogens with one attached hydrogen (secondary N) is 1. The molecule has 5 aromatic rings. The first kappa shape index (κ1) is 18.9. The van der Waals surface area contributed by atoms with Crippen molar-refractivity contribution >= 4 is 22.6 Å². The molecule has 0 bridgehead atoms. The van der Waals surface area contributed by atoms with Crippen LogP contribution in [0.1, 0.15) is 34.8 Å². The van der Waals surface area contributed by atoms with Crippen molar-refractivity contribution in [1.29, 1.82) is 0 Å². The summed E-state index contributed by atoms with van der Waals surface area (Å²) in [4.78, 5) is 30.1. The summed E-state index contributed by atoms with van der Waals surface area (Å²) in [7, 11) is 0. The lowest BCUT2D eigenvalue weighted by molar-refractivity contribution is 0.0910. The Labute approximate surface area is 177 Å². The number of benzene rings is 1. The van der Waals surface area contributed by atoms with Crippen LogP contribution in [0.15, 0.2) is 88.3 Å². The summed E-state index contributed by atoms with van der Waals surface area (Å²) in [5.74, 6) is 0.398. The quantitative estimate of drug-likeness (QED) is 0.476. The van der Waals surface area contributed by atoms with Gasteiger partial charge >= 0.3 is 0 Å². The number of furan rings is 1. The van der Waals surface area contributed by atoms with Crippen LogP contribution in [0.5, 0.6) is 0 Å². The molecule has 0 unspecified atom stereocenters. The van der Waals surface area contributed by atoms with Crippen LogP contribution in [0.3, 0.4) is 0 Å². The lowest BCUT2D eigenvalue weighted by Gasteiger charge is -2.13. The Morgan fingerprint density at radius 1 is 1.03 bits per heavy atom. The van der Waals surface area contributed by atoms with Crippen molar-refractivity contribution in [2.75, 3.05) is 0 Å². The number of fused-ring (bicyclic) bond motifs is 3. The number of rotatable bonds is 5. The van der Waals surface area contributed by atoms with Gasteiger partial charge in [0.2, 0.25) is 0 Å². The molecule has 7 nitrogen and oxygen atoms in total. The highest BCUT2D eigenvalue weighted by molar-refractivity contribution is 5.91. The van der Waals surface area contributed by atoms with Crippen LogP contribution in [0.2, 0.25) is 0 Å². The first-order chi connectivity index (χ1) is 15.1. The van der Waals surface area contributed by atoms with E-state index in [2.05, 4.69) is 10.3 Å². The minimum absolute atomic E-state index is 0.158. The van der Waals surface area contributed by atoms with Crippen molar-refractivity contribution < 1.29 is 9.21 Å². The van der Waals surface area contributed by atoms with E-state index in [1.54, 1.807) is 29.0 Å². The lowest BCUT2D eigenvalue weighted by Crippen LogP contribution is -2.26. The van der Waals surface area contributed by atoms with Crippen LogP contribution in [-0.4, -0.2) is 19.9 Å². The van der Waals surface area contributed by atoms with Gasteiger partial charge in [-0.3, -0.25) is 14.2 Å². The molecule has 0 aliphatic heterocycles. The van der Waals surface area contributed by atoms with Gasteiger partial charge in [0.15, 0.2) is 11.4 Å². The van der Waals surface area contributed by atoms with Crippen LogP contribution in [-0.2, 0) is 6.54 Å². The summed E-state index contributed by atoms with van der Waals surface area (Å²) in [6.45, 7) is 2.09. The van der Waals surface area contributed by atoms with Crippen LogP contribution in [0.4, 0.5) is 0 Å². The summed E-state index contributed by atoms with van der Waals surface area (Å²) in [5, 5.41) is 2.93. The van der Waals surface area contributed by atoms with Gasteiger partial charge in [0.25, 0.3) is 11.5 Å². The minimum Gasteiger partial charge on any atom is -0.454 e. The van der Waals surface area contributed by atoms with Crippen LogP contribution < -0.4 is 10.9 Å². The van der Waals surface area contributed by atoms with Crippen molar-refractivity contribution in [3.05, 3.63) is 107 Å². The number of aromatic nitrogens is 3. The Bertz CT molecular complexity index is 1450. The summed E-state index contributed by atoms with van der Waals surface area (Å²) >= 11 is 0. The van der Waals surface area contributed by atoms with Crippen LogP contribution in [0.25, 0.3) is 16.7 Å². The largest absolute Gasteiger partial charge is 0.454 e. The normalized spacial score (nSPS) is 12.3. The first-order valence-electron chi connectivity index (χ1n) is 10.0. The van der Waals surface area contributed by atoms with E-state index in [-0.39, 0.29) is 29.8 Å². The molecule has 4 heterocycles. The van der Waals surface area contributed by atoms with Gasteiger partial charge in [0.05, 0.1) is 18.1 Å². The topological polar surface area (TPSA) is 81.5 Å². The number of carbonyl (C=O) groups is 1. The van der Waals surface area contributed by atoms with E-state index in [9.17, 15) is 9.59 Å². The Morgan fingerprint density at radius 3 is 2.68 bits per heavy atom. The van der Waals surface area contributed by atoms with E-state index < -0.39 is 0 Å². The van der Waals surface area contributed by atoms with Crippen molar-refractivity contribution in [3.63, 3.8) is 0 Å². The standard InChI is InChI=1S/C24H20N4O3/c1-16(17-7-3-2-4-8-17)26-23(29)21-12-11-18(31-21)15-28-22-19(9-5-13-25-22)27-14-6-10-20(27)24(28)30/h2-14,16H,15H2,1H3,(H,26,29)/t16-/m0/s1. The van der Waals surface area contributed by atoms with E-state index in [1.807, 2.05) is 66.1 Å². The number of nitrogens with zero attached hydrogens (tertiary/aromatic N) is 3. The number of carbonyl (C=O) groups excluding carboxylic acids is 1. The van der Waals surface area contributed by atoms with Gasteiger partial charge in [-0.2, -0.15) is 0 Å². The molecule has 0 aliphatic carbocycles. The molecule has 5 rings (SSSR count). The van der Waals surface area contributed by atoms with E-state index >= 15 is 0 Å². The highest BCUT2D eigenvalue weighted by Gasteiger charge is 2.17. The van der Waals surface area contributed by atoms with E-state index in [4.69, 9.17) is 4.42 Å². The molecule has 0 spiro atoms. The molecule has 0 radical (unpaired) electrons. The summed E-state index contributed by atoms with van der Waals surface area (Å²) in [5.41, 5.74) is 2.77. The highest BCUT2D eigenvalue weighted by atomic mass is 16.4. The van der Waals surface area contributed by atoms with Crippen LogP contribution in [0, 0.1) is 0 Å². The molecule has 0 saturated heterocycles. The Kier molecular flexibility index (Phi) is 4.63. The Morgan fingerprint density at radius 2 is 1.84 bits per heavy atom. The SMILES string of the molecule is C[C@H](NC(=O)c1ccc(Cn2c(=O)c3cccn3c3cccnc32)o1)c1ccccc1. The zero-order valence-electron chi connectivity index (χ0n) is 16.9. The number of pyridine rings is 1. The third-order valence-corrected chi connectivity index (χ3v) is 5.34. The van der Waals surface area contributed by atoms with Gasteiger partial charge in [-0.15, -0.1) is 0 Å². The van der Waals surface area contributed by atoms with Gasteiger partial charge in [-0.1, -0.05) is 30.3 Å². The predicted octanol–water partition coefficient (Wildman–Crippen LogP) is 3.78. The monoisotopic (exact) mass is 412 g/mol. The molecule has 0 saturated carbocycles. The molecular weight excluding hydrogens is 392 g/mol. The van der Waals surface area contributed by atoms with Crippen molar-refractivity contribution in [3.8, 4) is 0 Å². The van der Waals surface area contributed by atoms with Crippen molar-refractivity contribution in [2.45, 2.75) is 19.5 Å². The summed E-state index contributed by atoms with van der Waals surface area (Å²) in [6, 6.07) is 20.2. The fourth-order valence-corrected chi connectivity index (χ4v) is 3.76. The van der Waals surface area contributed by atoms with E-state index in [0.29, 0.717) is 16.9 Å². The van der Waals surface area contributed by atoms with Gasteiger partial charge in [-0.05, 0) is 48.9 Å². The number of amides is 1. The van der Waals surface area contributed by atoms with Crippen molar-refractivity contribution in [2.24, 2.45) is 0 Å². The maximum absolute atomic E-state index is 13.0. The van der Waals surface area contributed by atoms with Gasteiger partial charge in [0.1, 0.15) is 11.3 Å². The molecule has 1 aromatic carbocycles. The zero-order chi connectivity index (χ0) is 21.4. The van der Waals surface area contributed by atoms with E-state index in [1.165, 1.54) is 0 Å². The van der Waals surface area contributed by atoms with Crippen molar-refractivity contribution in [1.82, 2.24) is 19.3 Å². The lowest BCUT2D eigenvalue weighted by atomic mass is 10.1. The molecule has 154 valence electrons. The molecule has 7 heteroatoms. The smallest absolute Gasteiger partial charge is 0.287 e. The first-order valence-corrected chi connectivity index (χ1v) is 10.0. The molecule has 0 aliphatic rings. The minimum atomic E-state index is -0.306. The van der Waals surface area contributed by atoms with Gasteiger partial charge in [-0.25, -0.2) is 4.98 Å². The third kappa shape index (κ3) is 3.40. The highest BCUT2D eigenvalue weighted by Crippen LogP contribution is 2.17. The Balaban J connectivity index is 1.43. The fourth-order valence-electron chi connectivity index (χ4n) is 3.76. The summed E-state index contributed by atoms with van der Waals surface area (Å²) in [6.07, 6.45) is 3.49. The maximum Gasteiger partial charge on any atom is 0.287 e. The maximum atomic E-state index is 13.0. The second-order valence-corrected chi connectivity index (χ2v) is 7.37. The molecule has 4 aromatic heterocycles. The average Bonchev–Trinajstić information content (AvgIpc) is 3.47. The molecular formula is C24H20N4O3. The number of hydrogen-bond acceptors (Lipinski definition) is 4. The third-order valence-electron chi connectivity index (χ3n) is 5.34. The van der Waals surface area contributed by atoms with Crippen LogP contribution >= 0.6 is 0 Å². The molecule has 0 fully saturated rings.